The second kappa shape index (κ2) is 4.50. The summed E-state index contributed by atoms with van der Waals surface area (Å²) in [6, 6.07) is 1.84. The molecule has 0 radical (unpaired) electrons. The zero-order valence-corrected chi connectivity index (χ0v) is 10.3. The van der Waals surface area contributed by atoms with Crippen LogP contribution in [0.1, 0.15) is 12.6 Å². The van der Waals surface area contributed by atoms with E-state index in [1.165, 1.54) is 18.3 Å². The fourth-order valence-corrected chi connectivity index (χ4v) is 2.44. The van der Waals surface area contributed by atoms with E-state index in [0.29, 0.717) is 10.8 Å². The molecule has 0 unspecified atom stereocenters. The number of thiazole rings is 1. The Morgan fingerprint density at radius 2 is 2.24 bits per heavy atom. The molecule has 0 aliphatic carbocycles. The first-order chi connectivity index (χ1) is 8.06. The minimum absolute atomic E-state index is 0.129. The van der Waals surface area contributed by atoms with Crippen LogP contribution in [0, 0.1) is 6.92 Å². The van der Waals surface area contributed by atoms with Gasteiger partial charge in [0.2, 0.25) is 5.91 Å². The molecule has 2 aromatic heterocycles. The fraction of sp³-hybridized carbons (Fsp3) is 0.182. The summed E-state index contributed by atoms with van der Waals surface area (Å²) in [5, 5.41) is 3.26. The number of nitrogen functional groups attached to an aromatic ring is 1. The van der Waals surface area contributed by atoms with Gasteiger partial charge in [-0.3, -0.25) is 9.78 Å². The summed E-state index contributed by atoms with van der Waals surface area (Å²) in [6.45, 7) is 3.35. The maximum atomic E-state index is 10.9. The van der Waals surface area contributed by atoms with Gasteiger partial charge in [-0.25, -0.2) is 4.98 Å². The largest absolute Gasteiger partial charge is 0.397 e. The molecular formula is C11H12N4OS. The molecule has 1 amide bonds. The van der Waals surface area contributed by atoms with Crippen LogP contribution in [0.3, 0.4) is 0 Å². The maximum absolute atomic E-state index is 10.9. The molecule has 0 saturated heterocycles. The third kappa shape index (κ3) is 2.59. The minimum Gasteiger partial charge on any atom is -0.397 e. The van der Waals surface area contributed by atoms with Crippen molar-refractivity contribution < 1.29 is 4.79 Å². The number of nitrogens with two attached hydrogens (primary N) is 1. The van der Waals surface area contributed by atoms with Gasteiger partial charge in [-0.2, -0.15) is 0 Å². The van der Waals surface area contributed by atoms with Crippen molar-refractivity contribution in [3.05, 3.63) is 24.2 Å². The van der Waals surface area contributed by atoms with Crippen molar-refractivity contribution in [3.8, 4) is 10.4 Å². The van der Waals surface area contributed by atoms with Crippen LogP contribution in [0.25, 0.3) is 10.4 Å². The third-order valence-corrected chi connectivity index (χ3v) is 3.22. The Bertz CT molecular complexity index is 564. The number of hydrogen-bond acceptors (Lipinski definition) is 5. The molecule has 2 rings (SSSR count). The zero-order valence-electron chi connectivity index (χ0n) is 9.52. The number of carbonyl (C=O) groups is 1. The number of aryl methyl sites for hydroxylation is 1. The second-order valence-electron chi connectivity index (χ2n) is 3.62. The van der Waals surface area contributed by atoms with Crippen LogP contribution in [-0.2, 0) is 4.79 Å². The van der Waals surface area contributed by atoms with Crippen molar-refractivity contribution in [2.24, 2.45) is 0 Å². The summed E-state index contributed by atoms with van der Waals surface area (Å²) in [4.78, 5) is 20.2. The molecule has 2 heterocycles. The zero-order chi connectivity index (χ0) is 12.4. The molecular weight excluding hydrogens is 236 g/mol. The third-order valence-electron chi connectivity index (χ3n) is 2.10. The van der Waals surface area contributed by atoms with Gasteiger partial charge in [0.25, 0.3) is 0 Å². The van der Waals surface area contributed by atoms with E-state index >= 15 is 0 Å². The molecule has 0 atom stereocenters. The molecule has 2 aromatic rings. The van der Waals surface area contributed by atoms with Gasteiger partial charge in [-0.05, 0) is 13.0 Å². The van der Waals surface area contributed by atoms with Crippen molar-refractivity contribution >= 4 is 28.1 Å². The number of nitrogens with one attached hydrogen (secondary N) is 1. The Morgan fingerprint density at radius 3 is 2.88 bits per heavy atom. The van der Waals surface area contributed by atoms with Crippen LogP contribution in [-0.4, -0.2) is 15.9 Å². The van der Waals surface area contributed by atoms with Crippen molar-refractivity contribution in [2.45, 2.75) is 13.8 Å². The topological polar surface area (TPSA) is 80.9 Å². The SMILES string of the molecule is CC(=O)Nc1nc(C)c(-c2cncc(N)c2)s1. The molecule has 0 saturated carbocycles. The highest BCUT2D eigenvalue weighted by Gasteiger charge is 2.10. The number of aromatic nitrogens is 2. The first-order valence-electron chi connectivity index (χ1n) is 5.02. The monoisotopic (exact) mass is 248 g/mol. The first kappa shape index (κ1) is 11.5. The number of rotatable bonds is 2. The molecule has 0 bridgehead atoms. The van der Waals surface area contributed by atoms with E-state index in [0.717, 1.165) is 16.1 Å². The molecule has 0 aliphatic heterocycles. The fourth-order valence-electron chi connectivity index (χ4n) is 1.45. The smallest absolute Gasteiger partial charge is 0.223 e. The lowest BCUT2D eigenvalue weighted by molar-refractivity contribution is -0.114. The molecule has 0 aliphatic rings. The highest BCUT2D eigenvalue weighted by molar-refractivity contribution is 7.19. The van der Waals surface area contributed by atoms with E-state index < -0.39 is 0 Å². The van der Waals surface area contributed by atoms with E-state index in [9.17, 15) is 4.79 Å². The summed E-state index contributed by atoms with van der Waals surface area (Å²) in [6.07, 6.45) is 3.32. The van der Waals surface area contributed by atoms with Crippen LogP contribution in [0.5, 0.6) is 0 Å². The average molecular weight is 248 g/mol. The van der Waals surface area contributed by atoms with Crippen LogP contribution >= 0.6 is 11.3 Å². The molecule has 0 aromatic carbocycles. The van der Waals surface area contributed by atoms with Crippen LogP contribution in [0.4, 0.5) is 10.8 Å². The molecule has 3 N–H and O–H groups in total. The molecule has 6 heteroatoms. The first-order valence-corrected chi connectivity index (χ1v) is 5.84. The Kier molecular flexibility index (Phi) is 3.06. The highest BCUT2D eigenvalue weighted by atomic mass is 32.1. The Balaban J connectivity index is 2.39. The van der Waals surface area contributed by atoms with Crippen LogP contribution < -0.4 is 11.1 Å². The minimum atomic E-state index is -0.129. The van der Waals surface area contributed by atoms with Crippen molar-refractivity contribution in [1.29, 1.82) is 0 Å². The summed E-state index contributed by atoms with van der Waals surface area (Å²) in [5.41, 5.74) is 8.06. The summed E-state index contributed by atoms with van der Waals surface area (Å²) < 4.78 is 0. The normalized spacial score (nSPS) is 10.2. The van der Waals surface area contributed by atoms with Gasteiger partial charge in [0.1, 0.15) is 0 Å². The lowest BCUT2D eigenvalue weighted by Crippen LogP contribution is -2.04. The quantitative estimate of drug-likeness (QED) is 0.852. The molecule has 5 nitrogen and oxygen atoms in total. The Hall–Kier alpha value is -1.95. The van der Waals surface area contributed by atoms with Gasteiger partial charge in [0, 0.05) is 24.9 Å². The van der Waals surface area contributed by atoms with Gasteiger partial charge in [-0.15, -0.1) is 0 Å². The Labute approximate surface area is 103 Å². The van der Waals surface area contributed by atoms with Gasteiger partial charge in [0.05, 0.1) is 16.3 Å². The van der Waals surface area contributed by atoms with Crippen molar-refractivity contribution in [1.82, 2.24) is 9.97 Å². The molecule has 0 fully saturated rings. The molecule has 17 heavy (non-hydrogen) atoms. The standard InChI is InChI=1S/C11H12N4OS/c1-6-10(8-3-9(12)5-13-4-8)17-11(14-6)15-7(2)16/h3-5H,12H2,1-2H3,(H,14,15,16). The van der Waals surface area contributed by atoms with Gasteiger partial charge in [0.15, 0.2) is 5.13 Å². The van der Waals surface area contributed by atoms with Crippen molar-refractivity contribution in [3.63, 3.8) is 0 Å². The lowest BCUT2D eigenvalue weighted by atomic mass is 10.2. The molecule has 0 spiro atoms. The van der Waals surface area contributed by atoms with Crippen LogP contribution in [0.15, 0.2) is 18.5 Å². The lowest BCUT2D eigenvalue weighted by Gasteiger charge is -1.98. The average Bonchev–Trinajstić information content (AvgIpc) is 2.58. The second-order valence-corrected chi connectivity index (χ2v) is 4.62. The van der Waals surface area contributed by atoms with E-state index in [4.69, 9.17) is 5.73 Å². The number of pyridine rings is 1. The predicted octanol–water partition coefficient (Wildman–Crippen LogP) is 2.05. The predicted molar refractivity (Wildman–Crippen MR) is 68.8 cm³/mol. The highest BCUT2D eigenvalue weighted by Crippen LogP contribution is 2.32. The number of amides is 1. The van der Waals surface area contributed by atoms with Gasteiger partial charge in [-0.1, -0.05) is 11.3 Å². The molecule has 88 valence electrons. The summed E-state index contributed by atoms with van der Waals surface area (Å²) >= 11 is 1.41. The van der Waals surface area contributed by atoms with Gasteiger partial charge >= 0.3 is 0 Å². The number of anilines is 2. The number of carbonyl (C=O) groups excluding carboxylic acids is 1. The number of nitrogens with zero attached hydrogens (tertiary/aromatic N) is 2. The van der Waals surface area contributed by atoms with Crippen molar-refractivity contribution in [2.75, 3.05) is 11.1 Å². The van der Waals surface area contributed by atoms with E-state index in [2.05, 4.69) is 15.3 Å². The number of hydrogen-bond donors (Lipinski definition) is 2. The van der Waals surface area contributed by atoms with E-state index in [1.807, 2.05) is 13.0 Å². The summed E-state index contributed by atoms with van der Waals surface area (Å²) in [7, 11) is 0. The van der Waals surface area contributed by atoms with E-state index in [-0.39, 0.29) is 5.91 Å². The maximum Gasteiger partial charge on any atom is 0.223 e. The van der Waals surface area contributed by atoms with E-state index in [1.54, 1.807) is 12.4 Å². The summed E-state index contributed by atoms with van der Waals surface area (Å²) in [5.74, 6) is -0.129. The van der Waals surface area contributed by atoms with Crippen LogP contribution in [0.2, 0.25) is 0 Å². The van der Waals surface area contributed by atoms with Gasteiger partial charge < -0.3 is 11.1 Å². The Morgan fingerprint density at radius 1 is 1.47 bits per heavy atom.